The van der Waals surface area contributed by atoms with Crippen LogP contribution < -0.4 is 0 Å². The van der Waals surface area contributed by atoms with Crippen LogP contribution in [0.4, 0.5) is 0 Å². The average Bonchev–Trinajstić information content (AvgIpc) is 2.60. The molecule has 1 aromatic heterocycles. The third-order valence-corrected chi connectivity index (χ3v) is 2.78. The normalized spacial score (nSPS) is 10.4. The molecule has 74 valence electrons. The van der Waals surface area contributed by atoms with Gasteiger partial charge in [-0.1, -0.05) is 19.2 Å². The number of aryl methyl sites for hydroxylation is 1. The van der Waals surface area contributed by atoms with Crippen LogP contribution in [0.1, 0.15) is 10.4 Å². The molecule has 0 saturated heterocycles. The monoisotopic (exact) mass is 206 g/mol. The number of methoxy groups -OCH3 is 1. The topological polar surface area (TPSA) is 9.23 Å². The first-order chi connectivity index (χ1) is 6.65. The molecule has 14 heavy (non-hydrogen) atoms. The van der Waals surface area contributed by atoms with Gasteiger partial charge in [0.1, 0.15) is 5.76 Å². The van der Waals surface area contributed by atoms with Gasteiger partial charge in [0.25, 0.3) is 0 Å². The molecule has 0 aliphatic heterocycles. The van der Waals surface area contributed by atoms with Gasteiger partial charge in [-0.2, -0.15) is 0 Å². The lowest BCUT2D eigenvalue weighted by atomic mass is 10.1. The fourth-order valence-electron chi connectivity index (χ4n) is 1.07. The molecule has 0 bridgehead atoms. The summed E-state index contributed by atoms with van der Waals surface area (Å²) in [5, 5.41) is 2.06. The lowest BCUT2D eigenvalue weighted by molar-refractivity contribution is 0.309. The summed E-state index contributed by atoms with van der Waals surface area (Å²) < 4.78 is 4.93. The van der Waals surface area contributed by atoms with Gasteiger partial charge in [0.05, 0.1) is 7.11 Å². The van der Waals surface area contributed by atoms with Crippen LogP contribution in [0.3, 0.4) is 0 Å². The predicted octanol–water partition coefficient (Wildman–Crippen LogP) is 3.79. The van der Waals surface area contributed by atoms with E-state index in [4.69, 9.17) is 4.74 Å². The van der Waals surface area contributed by atoms with Crippen LogP contribution in [-0.2, 0) is 4.74 Å². The highest BCUT2D eigenvalue weighted by Crippen LogP contribution is 2.23. The zero-order valence-electron chi connectivity index (χ0n) is 8.54. The van der Waals surface area contributed by atoms with Gasteiger partial charge in [0, 0.05) is 4.88 Å². The van der Waals surface area contributed by atoms with E-state index in [9.17, 15) is 0 Å². The molecule has 0 aliphatic rings. The van der Waals surface area contributed by atoms with E-state index in [1.165, 1.54) is 10.4 Å². The Morgan fingerprint density at radius 2 is 2.14 bits per heavy atom. The molecule has 0 atom stereocenters. The van der Waals surface area contributed by atoms with Crippen molar-refractivity contribution in [3.05, 3.63) is 53.0 Å². The first-order valence-corrected chi connectivity index (χ1v) is 5.17. The van der Waals surface area contributed by atoms with E-state index in [1.807, 2.05) is 12.2 Å². The summed E-state index contributed by atoms with van der Waals surface area (Å²) in [7, 11) is 1.60. The molecule has 1 heterocycles. The van der Waals surface area contributed by atoms with Crippen molar-refractivity contribution >= 4 is 16.9 Å². The highest BCUT2D eigenvalue weighted by atomic mass is 32.1. The fraction of sp³-hybridized carbons (Fsp3) is 0.167. The quantitative estimate of drug-likeness (QED) is 0.538. The van der Waals surface area contributed by atoms with Crippen LogP contribution in [0.25, 0.3) is 5.57 Å². The van der Waals surface area contributed by atoms with Crippen molar-refractivity contribution in [2.24, 2.45) is 0 Å². The molecule has 0 spiro atoms. The van der Waals surface area contributed by atoms with Crippen LogP contribution in [0.2, 0.25) is 0 Å². The van der Waals surface area contributed by atoms with Gasteiger partial charge in [-0.3, -0.25) is 0 Å². The molecule has 0 N–H and O–H groups in total. The second-order valence-corrected chi connectivity index (χ2v) is 4.04. The van der Waals surface area contributed by atoms with Crippen molar-refractivity contribution in [3.8, 4) is 0 Å². The second kappa shape index (κ2) is 4.82. The van der Waals surface area contributed by atoms with Crippen LogP contribution in [0, 0.1) is 6.92 Å². The molecule has 0 saturated carbocycles. The van der Waals surface area contributed by atoms with Crippen LogP contribution in [0.5, 0.6) is 0 Å². The molecule has 0 fully saturated rings. The summed E-state index contributed by atoms with van der Waals surface area (Å²) in [6, 6.07) is 2.07. The molecule has 0 radical (unpaired) electrons. The molecule has 0 unspecified atom stereocenters. The molecule has 1 nitrogen and oxygen atoms in total. The number of thiophene rings is 1. The average molecular weight is 206 g/mol. The summed E-state index contributed by atoms with van der Waals surface area (Å²) in [5.41, 5.74) is 2.18. The number of allylic oxidation sites excluding steroid dienone is 3. The van der Waals surface area contributed by atoms with E-state index >= 15 is 0 Å². The van der Waals surface area contributed by atoms with Crippen LogP contribution in [-0.4, -0.2) is 7.11 Å². The van der Waals surface area contributed by atoms with Crippen molar-refractivity contribution in [1.82, 2.24) is 0 Å². The Hall–Kier alpha value is -1.28. The number of hydrogen-bond acceptors (Lipinski definition) is 2. The minimum atomic E-state index is 0.638. The van der Waals surface area contributed by atoms with Gasteiger partial charge in [0.2, 0.25) is 0 Å². The number of ether oxygens (including phenoxy) is 1. The predicted molar refractivity (Wildman–Crippen MR) is 63.4 cm³/mol. The van der Waals surface area contributed by atoms with Crippen LogP contribution >= 0.6 is 11.3 Å². The van der Waals surface area contributed by atoms with E-state index in [2.05, 4.69) is 31.5 Å². The summed E-state index contributed by atoms with van der Waals surface area (Å²) >= 11 is 1.72. The number of hydrogen-bond donors (Lipinski definition) is 0. The van der Waals surface area contributed by atoms with Crippen molar-refractivity contribution in [1.29, 1.82) is 0 Å². The summed E-state index contributed by atoms with van der Waals surface area (Å²) in [4.78, 5) is 1.28. The smallest absolute Gasteiger partial charge is 0.111 e. The molecule has 1 aromatic rings. The highest BCUT2D eigenvalue weighted by Gasteiger charge is 2.00. The largest absolute Gasteiger partial charge is 0.497 e. The van der Waals surface area contributed by atoms with Gasteiger partial charge in [-0.15, -0.1) is 11.3 Å². The summed E-state index contributed by atoms with van der Waals surface area (Å²) in [6.07, 6.45) is 3.74. The lowest BCUT2D eigenvalue weighted by Gasteiger charge is -1.99. The maximum atomic E-state index is 4.93. The van der Waals surface area contributed by atoms with Gasteiger partial charge >= 0.3 is 0 Å². The maximum absolute atomic E-state index is 4.93. The van der Waals surface area contributed by atoms with Gasteiger partial charge < -0.3 is 4.74 Å². The Morgan fingerprint density at radius 1 is 1.43 bits per heavy atom. The highest BCUT2D eigenvalue weighted by molar-refractivity contribution is 7.10. The third kappa shape index (κ3) is 2.60. The fourth-order valence-corrected chi connectivity index (χ4v) is 1.80. The van der Waals surface area contributed by atoms with E-state index in [0.29, 0.717) is 5.76 Å². The zero-order chi connectivity index (χ0) is 10.6. The van der Waals surface area contributed by atoms with E-state index in [0.717, 1.165) is 5.57 Å². The second-order valence-electron chi connectivity index (χ2n) is 2.92. The Labute approximate surface area is 89.0 Å². The van der Waals surface area contributed by atoms with E-state index in [1.54, 1.807) is 18.4 Å². The van der Waals surface area contributed by atoms with Crippen molar-refractivity contribution in [2.75, 3.05) is 7.11 Å². The van der Waals surface area contributed by atoms with Gasteiger partial charge in [-0.05, 0) is 35.6 Å². The van der Waals surface area contributed by atoms with Crippen molar-refractivity contribution in [3.63, 3.8) is 0 Å². The van der Waals surface area contributed by atoms with Gasteiger partial charge in [0.15, 0.2) is 0 Å². The van der Waals surface area contributed by atoms with Crippen molar-refractivity contribution < 1.29 is 4.74 Å². The standard InChI is InChI=1S/C12H14OS/c1-9(5-6-10(2)13-4)12-7-8-14-11(12)3/h5-8H,1-2H2,3-4H3/b6-5-. The van der Waals surface area contributed by atoms with Crippen LogP contribution in [0.15, 0.2) is 42.5 Å². The first kappa shape index (κ1) is 10.8. The SMILES string of the molecule is C=C(/C=C\C(=C)c1ccsc1C)OC. The number of rotatable bonds is 4. The molecular weight excluding hydrogens is 192 g/mol. The van der Waals surface area contributed by atoms with Gasteiger partial charge in [-0.25, -0.2) is 0 Å². The minimum absolute atomic E-state index is 0.638. The first-order valence-electron chi connectivity index (χ1n) is 4.29. The molecule has 1 rings (SSSR count). The molecule has 0 aliphatic carbocycles. The summed E-state index contributed by atoms with van der Waals surface area (Å²) in [5.74, 6) is 0.638. The molecule has 0 aromatic carbocycles. The Kier molecular flexibility index (Phi) is 3.72. The lowest BCUT2D eigenvalue weighted by Crippen LogP contribution is -1.80. The van der Waals surface area contributed by atoms with E-state index < -0.39 is 0 Å². The Balaban J connectivity index is 2.73. The molecular formula is C12H14OS. The van der Waals surface area contributed by atoms with Crippen molar-refractivity contribution in [2.45, 2.75) is 6.92 Å². The third-order valence-electron chi connectivity index (χ3n) is 1.94. The zero-order valence-corrected chi connectivity index (χ0v) is 9.36. The maximum Gasteiger partial charge on any atom is 0.111 e. The van der Waals surface area contributed by atoms with E-state index in [-0.39, 0.29) is 0 Å². The minimum Gasteiger partial charge on any atom is -0.497 e. The Morgan fingerprint density at radius 3 is 2.64 bits per heavy atom. The Bertz CT molecular complexity index is 371. The molecule has 0 amide bonds. The summed E-state index contributed by atoms with van der Waals surface area (Å²) in [6.45, 7) is 9.78. The molecule has 2 heteroatoms.